The number of rotatable bonds is 13. The Bertz CT molecular complexity index is 1480. The molecule has 210 valence electrons. The van der Waals surface area contributed by atoms with Gasteiger partial charge in [0.25, 0.3) is 11.4 Å². The molecular weight excluding hydrogens is 601 g/mol. The van der Waals surface area contributed by atoms with Crippen molar-refractivity contribution >= 4 is 90.5 Å². The summed E-state index contributed by atoms with van der Waals surface area (Å²) < 4.78 is 12.6. The first-order valence-electron chi connectivity index (χ1n) is 12.1. The number of nitro groups is 2. The van der Waals surface area contributed by atoms with Crippen molar-refractivity contribution in [2.24, 2.45) is 0 Å². The maximum Gasteiger partial charge on any atom is 0.318 e. The first-order valence-corrected chi connectivity index (χ1v) is 15.2. The molecule has 0 spiro atoms. The average Bonchev–Trinajstić information content (AvgIpc) is 3.51. The molecule has 0 fully saturated rings. The minimum atomic E-state index is -0.653. The van der Waals surface area contributed by atoms with Gasteiger partial charge in [0.15, 0.2) is 8.68 Å². The third kappa shape index (κ3) is 7.24. The van der Waals surface area contributed by atoms with Gasteiger partial charge >= 0.3 is 11.9 Å². The van der Waals surface area contributed by atoms with E-state index in [4.69, 9.17) is 8.37 Å². The summed E-state index contributed by atoms with van der Waals surface area (Å²) in [7, 11) is 0. The molecule has 0 saturated carbocycles. The maximum absolute atomic E-state index is 12.1. The third-order valence-corrected chi connectivity index (χ3v) is 9.06. The van der Waals surface area contributed by atoms with E-state index in [1.807, 2.05) is 13.8 Å². The zero-order chi connectivity index (χ0) is 28.8. The highest BCUT2D eigenvalue weighted by Crippen LogP contribution is 2.36. The summed E-state index contributed by atoms with van der Waals surface area (Å²) in [6.45, 7) is 3.88. The van der Waals surface area contributed by atoms with Crippen molar-refractivity contribution in [3.63, 3.8) is 0 Å². The highest BCUT2D eigenvalue weighted by Gasteiger charge is 2.20. The van der Waals surface area contributed by atoms with E-state index in [0.717, 1.165) is 46.3 Å². The molecule has 0 bridgehead atoms. The summed E-state index contributed by atoms with van der Waals surface area (Å²) in [5, 5.41) is 22.7. The molecule has 0 aliphatic rings. The largest absolute Gasteiger partial charge is 0.383 e. The number of carbonyl (C=O) groups is 2. The number of aromatic nitrogens is 2. The molecule has 40 heavy (non-hydrogen) atoms. The molecule has 4 rings (SSSR count). The minimum absolute atomic E-state index is 0.0120. The average molecular weight is 623 g/mol. The van der Waals surface area contributed by atoms with Crippen LogP contribution in [0.5, 0.6) is 0 Å². The first-order chi connectivity index (χ1) is 19.2. The molecule has 0 radical (unpaired) electrons. The number of nitrogens with zero attached hydrogens (tertiary/aromatic N) is 4. The van der Waals surface area contributed by atoms with E-state index in [1.165, 1.54) is 34.8 Å². The Morgan fingerprint density at radius 3 is 1.52 bits per heavy atom. The fraction of sp³-hybridized carbons (Fsp3) is 0.333. The number of hydrogen-bond donors (Lipinski definition) is 0. The molecule has 12 nitrogen and oxygen atoms in total. The van der Waals surface area contributed by atoms with Gasteiger partial charge in [-0.2, -0.15) is 0 Å². The monoisotopic (exact) mass is 622 g/mol. The van der Waals surface area contributed by atoms with Crippen molar-refractivity contribution in [3.8, 4) is 0 Å². The van der Waals surface area contributed by atoms with Crippen molar-refractivity contribution in [3.05, 3.63) is 55.6 Å². The van der Waals surface area contributed by atoms with E-state index in [9.17, 15) is 29.8 Å². The number of benzene rings is 2. The Morgan fingerprint density at radius 1 is 0.775 bits per heavy atom. The summed E-state index contributed by atoms with van der Waals surface area (Å²) in [5.74, 6) is -1.31. The van der Waals surface area contributed by atoms with Crippen LogP contribution in [0.1, 0.15) is 50.7 Å². The molecule has 0 aliphatic carbocycles. The second kappa shape index (κ2) is 13.3. The molecule has 2 aromatic carbocycles. The number of hydrogen-bond acceptors (Lipinski definition) is 14. The quantitative estimate of drug-likeness (QED) is 0.0837. The number of carbonyl (C=O) groups excluding carboxylic acids is 2. The summed E-state index contributed by atoms with van der Waals surface area (Å²) in [6.07, 6.45) is 2.20. The van der Waals surface area contributed by atoms with Crippen molar-refractivity contribution in [2.45, 2.75) is 61.1 Å². The zero-order valence-electron chi connectivity index (χ0n) is 21.2. The smallest absolute Gasteiger partial charge is 0.318 e. The molecule has 0 atom stereocenters. The van der Waals surface area contributed by atoms with E-state index in [2.05, 4.69) is 9.97 Å². The second-order valence-corrected chi connectivity index (χ2v) is 12.5. The van der Waals surface area contributed by atoms with Crippen molar-refractivity contribution < 1.29 is 27.8 Å². The Morgan fingerprint density at radius 2 is 1.18 bits per heavy atom. The molecule has 0 N–H and O–H groups in total. The van der Waals surface area contributed by atoms with Crippen LogP contribution in [0.2, 0.25) is 0 Å². The molecule has 0 unspecified atom stereocenters. The SMILES string of the molecule is CCCc1cc2sc(SOC(=O)CCC(=O)OSc3nc4cc([N+](=O)[O-])c(CCC)cc4s3)nc2cc1[N+](=O)[O-]. The van der Waals surface area contributed by atoms with E-state index in [-0.39, 0.29) is 24.2 Å². The Kier molecular flexibility index (Phi) is 9.89. The Hall–Kier alpha value is -3.34. The van der Waals surface area contributed by atoms with E-state index >= 15 is 0 Å². The molecule has 0 amide bonds. The fourth-order valence-electron chi connectivity index (χ4n) is 3.77. The number of aryl methyl sites for hydroxylation is 2. The lowest BCUT2D eigenvalue weighted by Crippen LogP contribution is -2.05. The van der Waals surface area contributed by atoms with E-state index < -0.39 is 21.8 Å². The first kappa shape index (κ1) is 29.6. The lowest BCUT2D eigenvalue weighted by atomic mass is 10.1. The van der Waals surface area contributed by atoms with Gasteiger partial charge in [-0.1, -0.05) is 26.7 Å². The van der Waals surface area contributed by atoms with Crippen LogP contribution in [-0.2, 0) is 30.8 Å². The standard InChI is InChI=1S/C24H22N4O8S4/c1-3-5-13-9-19-15(11-17(13)27(31)32)25-23(37-19)39-35-21(29)7-8-22(30)36-40-24-26-16-12-18(28(33)34)14(6-4-2)10-20(16)38-24/h9-12H,3-8H2,1-2H3. The topological polar surface area (TPSA) is 165 Å². The predicted octanol–water partition coefficient (Wildman–Crippen LogP) is 7.21. The lowest BCUT2D eigenvalue weighted by Gasteiger charge is -2.01. The second-order valence-electron chi connectivity index (χ2n) is 8.45. The number of nitro benzene ring substituents is 2. The molecule has 16 heteroatoms. The molecule has 2 heterocycles. The van der Waals surface area contributed by atoms with Gasteiger partial charge in [0.2, 0.25) is 0 Å². The normalized spacial score (nSPS) is 11.2. The molecule has 4 aromatic rings. The van der Waals surface area contributed by atoms with Crippen LogP contribution >= 0.6 is 46.8 Å². The highest BCUT2D eigenvalue weighted by molar-refractivity contribution is 7.97. The van der Waals surface area contributed by atoms with Crippen LogP contribution in [0, 0.1) is 20.2 Å². The van der Waals surface area contributed by atoms with Gasteiger partial charge in [0.1, 0.15) is 24.1 Å². The van der Waals surface area contributed by atoms with Gasteiger partial charge in [-0.05, 0) is 25.0 Å². The van der Waals surface area contributed by atoms with Crippen LogP contribution in [-0.4, -0.2) is 31.8 Å². The molecule has 2 aromatic heterocycles. The molecule has 0 saturated heterocycles. The highest BCUT2D eigenvalue weighted by atomic mass is 32.2. The predicted molar refractivity (Wildman–Crippen MR) is 154 cm³/mol. The van der Waals surface area contributed by atoms with Crippen molar-refractivity contribution in [2.75, 3.05) is 0 Å². The van der Waals surface area contributed by atoms with Gasteiger partial charge in [-0.15, -0.1) is 22.7 Å². The lowest BCUT2D eigenvalue weighted by molar-refractivity contribution is -0.385. The summed E-state index contributed by atoms with van der Waals surface area (Å²) >= 11 is 3.97. The zero-order valence-corrected chi connectivity index (χ0v) is 24.5. The molecule has 0 aliphatic heterocycles. The van der Waals surface area contributed by atoms with Crippen molar-refractivity contribution in [1.82, 2.24) is 9.97 Å². The third-order valence-electron chi connectivity index (χ3n) is 5.52. The van der Waals surface area contributed by atoms with Crippen molar-refractivity contribution in [1.29, 1.82) is 0 Å². The number of fused-ring (bicyclic) bond motifs is 2. The Balaban J connectivity index is 1.28. The Labute approximate surface area is 244 Å². The summed E-state index contributed by atoms with van der Waals surface area (Å²) in [5.41, 5.74) is 2.17. The molecular formula is C24H22N4O8S4. The van der Waals surface area contributed by atoms with Crippen LogP contribution in [0.25, 0.3) is 20.4 Å². The van der Waals surface area contributed by atoms with Gasteiger partial charge in [-0.25, -0.2) is 9.97 Å². The van der Waals surface area contributed by atoms with E-state index in [1.54, 1.807) is 12.1 Å². The minimum Gasteiger partial charge on any atom is -0.383 e. The maximum atomic E-state index is 12.1. The van der Waals surface area contributed by atoms with Crippen LogP contribution in [0.4, 0.5) is 11.4 Å². The number of thiazole rings is 2. The van der Waals surface area contributed by atoms with Gasteiger partial charge < -0.3 is 8.37 Å². The summed E-state index contributed by atoms with van der Waals surface area (Å²) in [6, 6.07) is 6.33. The van der Waals surface area contributed by atoms with Gasteiger partial charge in [-0.3, -0.25) is 29.8 Å². The van der Waals surface area contributed by atoms with Gasteiger partial charge in [0, 0.05) is 23.3 Å². The fourth-order valence-corrected chi connectivity index (χ4v) is 7.04. The van der Waals surface area contributed by atoms with Crippen LogP contribution in [0.15, 0.2) is 32.9 Å². The van der Waals surface area contributed by atoms with Gasteiger partial charge in [0.05, 0.1) is 43.1 Å². The van der Waals surface area contributed by atoms with Crippen LogP contribution in [0.3, 0.4) is 0 Å². The van der Waals surface area contributed by atoms with E-state index in [0.29, 0.717) is 43.7 Å². The summed E-state index contributed by atoms with van der Waals surface area (Å²) in [4.78, 5) is 54.8. The van der Waals surface area contributed by atoms with Crippen LogP contribution < -0.4 is 0 Å².